The van der Waals surface area contributed by atoms with Crippen molar-refractivity contribution in [3.8, 4) is 17.6 Å². The minimum Gasteiger partial charge on any atom is -0.484 e. The number of ether oxygens (including phenoxy) is 3. The Bertz CT molecular complexity index is 1200. The highest BCUT2D eigenvalue weighted by Crippen LogP contribution is 2.22. The lowest BCUT2D eigenvalue weighted by Crippen LogP contribution is -2.20. The molecule has 0 bridgehead atoms. The zero-order valence-electron chi connectivity index (χ0n) is 18.6. The van der Waals surface area contributed by atoms with Crippen LogP contribution in [0, 0.1) is 13.8 Å². The fourth-order valence-corrected chi connectivity index (χ4v) is 3.92. The van der Waals surface area contributed by atoms with Crippen molar-refractivity contribution in [1.29, 1.82) is 0 Å². The molecule has 0 atom stereocenters. The summed E-state index contributed by atoms with van der Waals surface area (Å²) in [5, 5.41) is 2.67. The number of rotatable bonds is 9. The molecule has 0 spiro atoms. The van der Waals surface area contributed by atoms with E-state index in [-0.39, 0.29) is 35.1 Å². The van der Waals surface area contributed by atoms with Gasteiger partial charge in [0, 0.05) is 11.8 Å². The van der Waals surface area contributed by atoms with Gasteiger partial charge >= 0.3 is 6.01 Å². The number of carbonyl (C=O) groups is 1. The van der Waals surface area contributed by atoms with Crippen LogP contribution in [0.1, 0.15) is 11.1 Å². The summed E-state index contributed by atoms with van der Waals surface area (Å²) in [5.41, 5.74) is 2.50. The van der Waals surface area contributed by atoms with Gasteiger partial charge in [-0.3, -0.25) is 9.52 Å². The van der Waals surface area contributed by atoms with E-state index < -0.39 is 10.0 Å². The van der Waals surface area contributed by atoms with E-state index in [0.29, 0.717) is 11.4 Å². The van der Waals surface area contributed by atoms with Crippen molar-refractivity contribution < 1.29 is 27.4 Å². The molecule has 1 amide bonds. The Kier molecular flexibility index (Phi) is 7.34. The van der Waals surface area contributed by atoms with Crippen LogP contribution in [-0.4, -0.2) is 45.1 Å². The number of aryl methyl sites for hydroxylation is 2. The average Bonchev–Trinajstić information content (AvgIpc) is 2.77. The standard InChI is InChI=1S/C22H24N4O6S/c1-14-9-15(2)11-17(10-14)32-13-20(27)23-16-5-7-18(8-6-16)33(28,29)26-19-12-21(30-3)25-22(24-19)31-4/h5-12H,13H2,1-4H3,(H,23,27)(H,24,25,26). The zero-order valence-corrected chi connectivity index (χ0v) is 19.4. The summed E-state index contributed by atoms with van der Waals surface area (Å²) in [7, 11) is -1.21. The van der Waals surface area contributed by atoms with E-state index in [0.717, 1.165) is 11.1 Å². The molecule has 1 heterocycles. The van der Waals surface area contributed by atoms with Gasteiger partial charge in [0.1, 0.15) is 5.75 Å². The van der Waals surface area contributed by atoms with E-state index >= 15 is 0 Å². The molecule has 0 aliphatic heterocycles. The second-order valence-corrected chi connectivity index (χ2v) is 8.75. The minimum atomic E-state index is -3.95. The highest BCUT2D eigenvalue weighted by Gasteiger charge is 2.17. The Morgan fingerprint density at radius 2 is 1.61 bits per heavy atom. The maximum atomic E-state index is 12.7. The van der Waals surface area contributed by atoms with Crippen LogP contribution in [0.15, 0.2) is 53.4 Å². The number of carbonyl (C=O) groups excluding carboxylic acids is 1. The Labute approximate surface area is 192 Å². The number of anilines is 2. The molecule has 174 valence electrons. The third-order valence-corrected chi connectivity index (χ3v) is 5.70. The molecule has 10 nitrogen and oxygen atoms in total. The van der Waals surface area contributed by atoms with E-state index in [1.54, 1.807) is 0 Å². The third kappa shape index (κ3) is 6.56. The van der Waals surface area contributed by atoms with Crippen molar-refractivity contribution in [3.63, 3.8) is 0 Å². The highest BCUT2D eigenvalue weighted by atomic mass is 32.2. The molecular weight excluding hydrogens is 448 g/mol. The molecule has 0 saturated carbocycles. The number of hydrogen-bond acceptors (Lipinski definition) is 8. The van der Waals surface area contributed by atoms with E-state index in [4.69, 9.17) is 14.2 Å². The maximum absolute atomic E-state index is 12.7. The number of sulfonamides is 1. The molecular formula is C22H24N4O6S. The lowest BCUT2D eigenvalue weighted by atomic mass is 10.1. The number of benzene rings is 2. The largest absolute Gasteiger partial charge is 0.484 e. The van der Waals surface area contributed by atoms with E-state index in [1.807, 2.05) is 32.0 Å². The number of amides is 1. The second-order valence-electron chi connectivity index (χ2n) is 7.07. The molecule has 0 aliphatic carbocycles. The summed E-state index contributed by atoms with van der Waals surface area (Å²) in [5.74, 6) is 0.358. The van der Waals surface area contributed by atoms with Crippen LogP contribution < -0.4 is 24.2 Å². The van der Waals surface area contributed by atoms with Gasteiger partial charge < -0.3 is 19.5 Å². The van der Waals surface area contributed by atoms with Crippen molar-refractivity contribution >= 4 is 27.4 Å². The van der Waals surface area contributed by atoms with E-state index in [9.17, 15) is 13.2 Å². The topological polar surface area (TPSA) is 129 Å². The Morgan fingerprint density at radius 3 is 2.21 bits per heavy atom. The van der Waals surface area contributed by atoms with Crippen molar-refractivity contribution in [1.82, 2.24) is 9.97 Å². The first-order chi connectivity index (χ1) is 15.7. The highest BCUT2D eigenvalue weighted by molar-refractivity contribution is 7.92. The summed E-state index contributed by atoms with van der Waals surface area (Å²) in [6, 6.07) is 12.6. The smallest absolute Gasteiger partial charge is 0.321 e. The number of aromatic nitrogens is 2. The van der Waals surface area contributed by atoms with Crippen LogP contribution in [0.2, 0.25) is 0 Å². The summed E-state index contributed by atoms with van der Waals surface area (Å²) >= 11 is 0. The first kappa shape index (κ1) is 23.8. The van der Waals surface area contributed by atoms with E-state index in [2.05, 4.69) is 20.0 Å². The van der Waals surface area contributed by atoms with Gasteiger partial charge in [-0.05, 0) is 61.4 Å². The molecule has 3 rings (SSSR count). The minimum absolute atomic E-state index is 0.0142. The zero-order chi connectivity index (χ0) is 24.0. The van der Waals surface area contributed by atoms with Crippen LogP contribution in [0.4, 0.5) is 11.5 Å². The fourth-order valence-electron chi connectivity index (χ4n) is 2.93. The van der Waals surface area contributed by atoms with Crippen LogP contribution in [0.3, 0.4) is 0 Å². The quantitative estimate of drug-likeness (QED) is 0.486. The van der Waals surface area contributed by atoms with Crippen LogP contribution >= 0.6 is 0 Å². The molecule has 0 unspecified atom stereocenters. The maximum Gasteiger partial charge on any atom is 0.321 e. The molecule has 11 heteroatoms. The number of nitrogens with zero attached hydrogens (tertiary/aromatic N) is 2. The fraction of sp³-hybridized carbons (Fsp3) is 0.227. The molecule has 0 saturated heterocycles. The van der Waals surface area contributed by atoms with E-state index in [1.165, 1.54) is 44.6 Å². The van der Waals surface area contributed by atoms with Crippen LogP contribution in [0.5, 0.6) is 17.6 Å². The van der Waals surface area contributed by atoms with Gasteiger partial charge in [0.15, 0.2) is 12.4 Å². The van der Waals surface area contributed by atoms with Crippen molar-refractivity contribution in [2.24, 2.45) is 0 Å². The second kappa shape index (κ2) is 10.2. The van der Waals surface area contributed by atoms with Gasteiger partial charge in [-0.25, -0.2) is 8.42 Å². The monoisotopic (exact) mass is 472 g/mol. The SMILES string of the molecule is COc1cc(NS(=O)(=O)c2ccc(NC(=O)COc3cc(C)cc(C)c3)cc2)nc(OC)n1. The predicted octanol–water partition coefficient (Wildman–Crippen LogP) is 2.93. The first-order valence-corrected chi connectivity index (χ1v) is 11.3. The van der Waals surface area contributed by atoms with Gasteiger partial charge in [-0.1, -0.05) is 6.07 Å². The summed E-state index contributed by atoms with van der Waals surface area (Å²) in [6.07, 6.45) is 0. The van der Waals surface area contributed by atoms with Gasteiger partial charge in [-0.2, -0.15) is 9.97 Å². The summed E-state index contributed by atoms with van der Waals surface area (Å²) < 4.78 is 43.2. The molecule has 0 aliphatic rings. The van der Waals surface area contributed by atoms with Gasteiger partial charge in [-0.15, -0.1) is 0 Å². The first-order valence-electron chi connectivity index (χ1n) is 9.79. The normalized spacial score (nSPS) is 10.9. The van der Waals surface area contributed by atoms with Gasteiger partial charge in [0.05, 0.1) is 19.1 Å². The number of methoxy groups -OCH3 is 2. The lowest BCUT2D eigenvalue weighted by Gasteiger charge is -2.11. The van der Waals surface area contributed by atoms with Crippen molar-refractivity contribution in [2.75, 3.05) is 30.9 Å². The summed E-state index contributed by atoms with van der Waals surface area (Å²) in [4.78, 5) is 20.0. The van der Waals surface area contributed by atoms with Crippen molar-refractivity contribution in [3.05, 3.63) is 59.7 Å². The Hall–Kier alpha value is -3.86. The Morgan fingerprint density at radius 1 is 0.939 bits per heavy atom. The molecule has 1 aromatic heterocycles. The van der Waals surface area contributed by atoms with Gasteiger partial charge in [0.25, 0.3) is 15.9 Å². The summed E-state index contributed by atoms with van der Waals surface area (Å²) in [6.45, 7) is 3.71. The van der Waals surface area contributed by atoms with Crippen LogP contribution in [0.25, 0.3) is 0 Å². The molecule has 0 radical (unpaired) electrons. The average molecular weight is 473 g/mol. The third-order valence-electron chi connectivity index (χ3n) is 4.33. The van der Waals surface area contributed by atoms with Crippen LogP contribution in [-0.2, 0) is 14.8 Å². The van der Waals surface area contributed by atoms with Crippen molar-refractivity contribution in [2.45, 2.75) is 18.7 Å². The molecule has 3 aromatic rings. The number of nitrogens with one attached hydrogen (secondary N) is 2. The lowest BCUT2D eigenvalue weighted by molar-refractivity contribution is -0.118. The molecule has 33 heavy (non-hydrogen) atoms. The Balaban J connectivity index is 1.63. The van der Waals surface area contributed by atoms with Gasteiger partial charge in [0.2, 0.25) is 5.88 Å². The number of hydrogen-bond donors (Lipinski definition) is 2. The predicted molar refractivity (Wildman–Crippen MR) is 122 cm³/mol. The molecule has 2 aromatic carbocycles. The molecule has 2 N–H and O–H groups in total. The molecule has 0 fully saturated rings.